The number of imidazole rings is 1. The quantitative estimate of drug-likeness (QED) is 0.709. The standard InChI is InChI=1S/C13H14ClN5O4/c1-12(2)22-7-10(21-6-5(20)13(6,7)23-12)19-3-16-4-8(15)17-11(14)18-9(4)19/h3,5-7,10,20H,1-2H3,(H2,15,17,18)/t5?,6-,7+,10-,13-/m1/s1. The number of ether oxygens (including phenoxy) is 3. The minimum Gasteiger partial charge on any atom is -0.387 e. The van der Waals surface area contributed by atoms with Gasteiger partial charge in [0, 0.05) is 0 Å². The monoisotopic (exact) mass is 339 g/mol. The van der Waals surface area contributed by atoms with Gasteiger partial charge in [-0.05, 0) is 25.4 Å². The van der Waals surface area contributed by atoms with E-state index < -0.39 is 35.9 Å². The highest BCUT2D eigenvalue weighted by Crippen LogP contribution is 2.63. The summed E-state index contributed by atoms with van der Waals surface area (Å²) in [6, 6.07) is 0. The largest absolute Gasteiger partial charge is 0.387 e. The first-order valence-corrected chi connectivity index (χ1v) is 7.58. The van der Waals surface area contributed by atoms with Crippen LogP contribution in [0.2, 0.25) is 5.28 Å². The topological polar surface area (TPSA) is 118 Å². The van der Waals surface area contributed by atoms with Gasteiger partial charge in [0.05, 0.1) is 6.33 Å². The summed E-state index contributed by atoms with van der Waals surface area (Å²) in [6.07, 6.45) is -0.615. The first kappa shape index (κ1) is 13.9. The van der Waals surface area contributed by atoms with Crippen LogP contribution in [-0.2, 0) is 14.2 Å². The van der Waals surface area contributed by atoms with Gasteiger partial charge in [-0.2, -0.15) is 9.97 Å². The lowest BCUT2D eigenvalue weighted by Crippen LogP contribution is -2.34. The molecule has 0 bridgehead atoms. The Hall–Kier alpha value is -1.52. The number of rotatable bonds is 1. The molecule has 9 nitrogen and oxygen atoms in total. The maximum Gasteiger partial charge on any atom is 0.226 e. The number of aliphatic hydroxyl groups is 1. The molecule has 3 N–H and O–H groups in total. The number of hydrogen-bond acceptors (Lipinski definition) is 8. The molecule has 1 spiro atoms. The third kappa shape index (κ3) is 1.58. The molecule has 3 fully saturated rings. The average Bonchev–Trinajstić information content (AvgIpc) is 2.84. The van der Waals surface area contributed by atoms with Gasteiger partial charge in [-0.1, -0.05) is 0 Å². The number of halogens is 1. The smallest absolute Gasteiger partial charge is 0.226 e. The summed E-state index contributed by atoms with van der Waals surface area (Å²) in [6.45, 7) is 3.62. The molecule has 5 rings (SSSR count). The van der Waals surface area contributed by atoms with Gasteiger partial charge in [0.15, 0.2) is 29.1 Å². The van der Waals surface area contributed by atoms with E-state index in [1.165, 1.54) is 0 Å². The molecule has 0 aromatic carbocycles. The Morgan fingerprint density at radius 1 is 1.35 bits per heavy atom. The van der Waals surface area contributed by atoms with Gasteiger partial charge >= 0.3 is 0 Å². The molecule has 1 saturated carbocycles. The predicted molar refractivity (Wildman–Crippen MR) is 77.4 cm³/mol. The fourth-order valence-corrected chi connectivity index (χ4v) is 3.85. The third-order valence-electron chi connectivity index (χ3n) is 4.60. The van der Waals surface area contributed by atoms with Crippen molar-refractivity contribution in [2.24, 2.45) is 0 Å². The Morgan fingerprint density at radius 2 is 2.13 bits per heavy atom. The highest BCUT2D eigenvalue weighted by Gasteiger charge is 2.83. The lowest BCUT2D eigenvalue weighted by atomic mass is 10.1. The van der Waals surface area contributed by atoms with E-state index in [1.54, 1.807) is 10.9 Å². The minimum atomic E-state index is -0.840. The molecule has 1 aliphatic carbocycles. The van der Waals surface area contributed by atoms with E-state index in [4.69, 9.17) is 31.5 Å². The van der Waals surface area contributed by atoms with Crippen LogP contribution in [-0.4, -0.2) is 54.3 Å². The minimum absolute atomic E-state index is 0.0265. The number of aromatic nitrogens is 4. The highest BCUT2D eigenvalue weighted by atomic mass is 35.5. The molecule has 0 amide bonds. The number of nitrogens with zero attached hydrogens (tertiary/aromatic N) is 4. The van der Waals surface area contributed by atoms with Crippen LogP contribution >= 0.6 is 11.6 Å². The molecular formula is C13H14ClN5O4. The number of anilines is 1. The summed E-state index contributed by atoms with van der Waals surface area (Å²) >= 11 is 5.90. The van der Waals surface area contributed by atoms with E-state index in [9.17, 15) is 5.11 Å². The SMILES string of the molecule is CC1(C)O[C@H]2[C@H](n3cnc4c(N)nc(Cl)nc43)O[C@@H]3C(O)[C@@]32O1. The van der Waals surface area contributed by atoms with Crippen LogP contribution in [0.25, 0.3) is 11.2 Å². The molecular weight excluding hydrogens is 326 g/mol. The fourth-order valence-electron chi connectivity index (χ4n) is 3.68. The zero-order chi connectivity index (χ0) is 16.1. The van der Waals surface area contributed by atoms with Crippen LogP contribution in [0.4, 0.5) is 5.82 Å². The van der Waals surface area contributed by atoms with Crippen LogP contribution in [0, 0.1) is 0 Å². The molecule has 2 saturated heterocycles. The van der Waals surface area contributed by atoms with Crippen molar-refractivity contribution in [3.63, 3.8) is 0 Å². The van der Waals surface area contributed by atoms with Gasteiger partial charge in [0.25, 0.3) is 0 Å². The van der Waals surface area contributed by atoms with Crippen molar-refractivity contribution in [2.45, 2.75) is 49.8 Å². The van der Waals surface area contributed by atoms with Gasteiger partial charge in [-0.3, -0.25) is 4.57 Å². The number of fused-ring (bicyclic) bond motifs is 1. The maximum absolute atomic E-state index is 10.1. The summed E-state index contributed by atoms with van der Waals surface area (Å²) in [5, 5.41) is 10.2. The molecule has 1 unspecified atom stereocenters. The lowest BCUT2D eigenvalue weighted by molar-refractivity contribution is -0.183. The Morgan fingerprint density at radius 3 is 2.91 bits per heavy atom. The summed E-state index contributed by atoms with van der Waals surface area (Å²) in [4.78, 5) is 12.3. The molecule has 3 aliphatic rings. The Kier molecular flexibility index (Phi) is 2.37. The first-order chi connectivity index (χ1) is 10.8. The van der Waals surface area contributed by atoms with E-state index >= 15 is 0 Å². The third-order valence-corrected chi connectivity index (χ3v) is 4.77. The first-order valence-electron chi connectivity index (χ1n) is 7.20. The number of hydrogen-bond donors (Lipinski definition) is 2. The van der Waals surface area contributed by atoms with E-state index in [0.29, 0.717) is 11.2 Å². The van der Waals surface area contributed by atoms with Crippen LogP contribution in [0.1, 0.15) is 20.1 Å². The normalized spacial score (nSPS) is 40.3. The molecule has 2 aliphatic heterocycles. The Bertz CT molecular complexity index is 841. The second-order valence-electron chi connectivity index (χ2n) is 6.49. The van der Waals surface area contributed by atoms with Gasteiger partial charge in [0.1, 0.15) is 23.8 Å². The predicted octanol–water partition coefficient (Wildman–Crippen LogP) is 0.224. The summed E-state index contributed by atoms with van der Waals surface area (Å²) < 4.78 is 19.5. The van der Waals surface area contributed by atoms with Crippen LogP contribution in [0.3, 0.4) is 0 Å². The van der Waals surface area contributed by atoms with Gasteiger partial charge < -0.3 is 25.1 Å². The summed E-state index contributed by atoms with van der Waals surface area (Å²) in [5.74, 6) is -0.606. The number of aliphatic hydroxyl groups excluding tert-OH is 1. The molecule has 0 radical (unpaired) electrons. The highest BCUT2D eigenvalue weighted by molar-refractivity contribution is 6.28. The van der Waals surface area contributed by atoms with Crippen LogP contribution < -0.4 is 5.73 Å². The van der Waals surface area contributed by atoms with Crippen molar-refractivity contribution >= 4 is 28.6 Å². The van der Waals surface area contributed by atoms with Crippen molar-refractivity contribution in [1.29, 1.82) is 0 Å². The summed E-state index contributed by atoms with van der Waals surface area (Å²) in [5.41, 5.74) is 5.87. The number of nitrogen functional groups attached to an aromatic ring is 1. The van der Waals surface area contributed by atoms with E-state index in [1.807, 2.05) is 13.8 Å². The molecule has 10 heteroatoms. The van der Waals surface area contributed by atoms with Crippen LogP contribution in [0.15, 0.2) is 6.33 Å². The van der Waals surface area contributed by atoms with Gasteiger partial charge in [0.2, 0.25) is 5.28 Å². The van der Waals surface area contributed by atoms with Crippen molar-refractivity contribution < 1.29 is 19.3 Å². The molecule has 23 heavy (non-hydrogen) atoms. The van der Waals surface area contributed by atoms with Gasteiger partial charge in [-0.15, -0.1) is 0 Å². The van der Waals surface area contributed by atoms with E-state index in [0.717, 1.165) is 0 Å². The van der Waals surface area contributed by atoms with Gasteiger partial charge in [-0.25, -0.2) is 4.98 Å². The zero-order valence-corrected chi connectivity index (χ0v) is 13.1. The van der Waals surface area contributed by atoms with Crippen molar-refractivity contribution in [3.05, 3.63) is 11.6 Å². The molecule has 2 aromatic heterocycles. The Balaban J connectivity index is 1.62. The van der Waals surface area contributed by atoms with E-state index in [-0.39, 0.29) is 11.1 Å². The Labute approximate surface area is 135 Å². The average molecular weight is 340 g/mol. The van der Waals surface area contributed by atoms with Crippen LogP contribution in [0.5, 0.6) is 0 Å². The lowest BCUT2D eigenvalue weighted by Gasteiger charge is -2.23. The molecule has 4 heterocycles. The zero-order valence-electron chi connectivity index (χ0n) is 12.3. The maximum atomic E-state index is 10.1. The van der Waals surface area contributed by atoms with Crippen molar-refractivity contribution in [1.82, 2.24) is 19.5 Å². The molecule has 122 valence electrons. The van der Waals surface area contributed by atoms with E-state index in [2.05, 4.69) is 15.0 Å². The van der Waals surface area contributed by atoms with Crippen molar-refractivity contribution in [2.75, 3.05) is 5.73 Å². The fraction of sp³-hybridized carbons (Fsp3) is 0.615. The summed E-state index contributed by atoms with van der Waals surface area (Å²) in [7, 11) is 0. The molecule has 2 aromatic rings. The second kappa shape index (κ2) is 3.93. The second-order valence-corrected chi connectivity index (χ2v) is 6.83. The van der Waals surface area contributed by atoms with Crippen molar-refractivity contribution in [3.8, 4) is 0 Å². The molecule has 5 atom stereocenters. The number of nitrogens with two attached hydrogens (primary N) is 1.